The number of rotatable bonds is 7. The van der Waals surface area contributed by atoms with Gasteiger partial charge in [0.1, 0.15) is 0 Å². The molecular weight excluding hydrogens is 330 g/mol. The van der Waals surface area contributed by atoms with Crippen molar-refractivity contribution in [2.75, 3.05) is 56.5 Å². The molecule has 0 bridgehead atoms. The van der Waals surface area contributed by atoms with Crippen LogP contribution in [0, 0.1) is 0 Å². The van der Waals surface area contributed by atoms with Crippen LogP contribution in [0.5, 0.6) is 0 Å². The number of nitrogens with one attached hydrogen (secondary N) is 1. The summed E-state index contributed by atoms with van der Waals surface area (Å²) in [6.45, 7) is 6.14. The molecular formula is C16H25N3O4S. The number of benzene rings is 1. The fourth-order valence-corrected chi connectivity index (χ4v) is 3.27. The number of hydrogen-bond acceptors (Lipinski definition) is 5. The van der Waals surface area contributed by atoms with Crippen molar-refractivity contribution >= 4 is 21.6 Å². The molecule has 8 heteroatoms. The van der Waals surface area contributed by atoms with Crippen molar-refractivity contribution in [3.63, 3.8) is 0 Å². The quantitative estimate of drug-likeness (QED) is 0.772. The molecule has 1 amide bonds. The molecule has 0 saturated carbocycles. The normalized spacial score (nSPS) is 15.9. The first-order chi connectivity index (χ1) is 11.4. The SMILES string of the molecule is CCS(=O)(=O)N(C)c1cccc(C(=O)NCCN2CCOCC2)c1. The van der Waals surface area contributed by atoms with E-state index >= 15 is 0 Å². The highest BCUT2D eigenvalue weighted by atomic mass is 32.2. The third kappa shape index (κ3) is 4.93. The Labute approximate surface area is 143 Å². The van der Waals surface area contributed by atoms with Gasteiger partial charge in [-0.25, -0.2) is 8.42 Å². The maximum atomic E-state index is 12.3. The van der Waals surface area contributed by atoms with E-state index in [1.54, 1.807) is 31.2 Å². The standard InChI is InChI=1S/C16H25N3O4S/c1-3-24(21,22)18(2)15-6-4-5-14(13-15)16(20)17-7-8-19-9-11-23-12-10-19/h4-6,13H,3,7-12H2,1-2H3,(H,17,20). The van der Waals surface area contributed by atoms with E-state index in [0.29, 0.717) is 17.8 Å². The van der Waals surface area contributed by atoms with Crippen LogP contribution < -0.4 is 9.62 Å². The highest BCUT2D eigenvalue weighted by Crippen LogP contribution is 2.18. The summed E-state index contributed by atoms with van der Waals surface area (Å²) in [5.41, 5.74) is 0.935. The van der Waals surface area contributed by atoms with Crippen molar-refractivity contribution in [1.29, 1.82) is 0 Å². The molecule has 2 rings (SSSR count). The van der Waals surface area contributed by atoms with Crippen molar-refractivity contribution in [3.05, 3.63) is 29.8 Å². The van der Waals surface area contributed by atoms with E-state index in [1.807, 2.05) is 0 Å². The second kappa shape index (κ2) is 8.46. The van der Waals surface area contributed by atoms with Gasteiger partial charge in [-0.3, -0.25) is 14.0 Å². The van der Waals surface area contributed by atoms with Crippen molar-refractivity contribution in [2.24, 2.45) is 0 Å². The molecule has 1 heterocycles. The summed E-state index contributed by atoms with van der Waals surface area (Å²) in [6.07, 6.45) is 0. The number of ether oxygens (including phenoxy) is 1. The molecule has 0 atom stereocenters. The Bertz CT molecular complexity index is 657. The van der Waals surface area contributed by atoms with Crippen LogP contribution in [0.2, 0.25) is 0 Å². The van der Waals surface area contributed by atoms with Gasteiger partial charge in [0.05, 0.1) is 24.7 Å². The van der Waals surface area contributed by atoms with E-state index in [9.17, 15) is 13.2 Å². The van der Waals surface area contributed by atoms with E-state index in [4.69, 9.17) is 4.74 Å². The number of carbonyl (C=O) groups is 1. The van der Waals surface area contributed by atoms with Gasteiger partial charge < -0.3 is 10.1 Å². The molecule has 1 fully saturated rings. The van der Waals surface area contributed by atoms with Gasteiger partial charge in [0, 0.05) is 38.8 Å². The van der Waals surface area contributed by atoms with Crippen LogP contribution in [0.1, 0.15) is 17.3 Å². The minimum atomic E-state index is -3.34. The zero-order valence-electron chi connectivity index (χ0n) is 14.2. The Morgan fingerprint density at radius 1 is 1.33 bits per heavy atom. The molecule has 0 unspecified atom stereocenters. The highest BCUT2D eigenvalue weighted by Gasteiger charge is 2.17. The molecule has 0 radical (unpaired) electrons. The average Bonchev–Trinajstić information content (AvgIpc) is 2.62. The van der Waals surface area contributed by atoms with E-state index in [-0.39, 0.29) is 11.7 Å². The maximum absolute atomic E-state index is 12.3. The lowest BCUT2D eigenvalue weighted by Gasteiger charge is -2.26. The van der Waals surface area contributed by atoms with Crippen LogP contribution in [-0.4, -0.2) is 71.4 Å². The Morgan fingerprint density at radius 3 is 2.71 bits per heavy atom. The minimum absolute atomic E-state index is 0.0134. The van der Waals surface area contributed by atoms with Crippen LogP contribution in [0.4, 0.5) is 5.69 Å². The molecule has 134 valence electrons. The first kappa shape index (κ1) is 18.7. The predicted octanol–water partition coefficient (Wildman–Crippen LogP) is 0.535. The topological polar surface area (TPSA) is 79.0 Å². The molecule has 1 aliphatic rings. The Morgan fingerprint density at radius 2 is 2.04 bits per heavy atom. The second-order valence-electron chi connectivity index (χ2n) is 5.63. The zero-order chi connectivity index (χ0) is 17.6. The lowest BCUT2D eigenvalue weighted by Crippen LogP contribution is -2.41. The fraction of sp³-hybridized carbons (Fsp3) is 0.562. The molecule has 7 nitrogen and oxygen atoms in total. The highest BCUT2D eigenvalue weighted by molar-refractivity contribution is 7.92. The van der Waals surface area contributed by atoms with Gasteiger partial charge in [-0.1, -0.05) is 6.07 Å². The van der Waals surface area contributed by atoms with E-state index < -0.39 is 10.0 Å². The average molecular weight is 355 g/mol. The summed E-state index contributed by atoms with van der Waals surface area (Å²) < 4.78 is 30.4. The van der Waals surface area contributed by atoms with Gasteiger partial charge in [-0.15, -0.1) is 0 Å². The monoisotopic (exact) mass is 355 g/mol. The van der Waals surface area contributed by atoms with Crippen LogP contribution in [0.3, 0.4) is 0 Å². The number of sulfonamides is 1. The largest absolute Gasteiger partial charge is 0.379 e. The van der Waals surface area contributed by atoms with E-state index in [0.717, 1.165) is 32.8 Å². The smallest absolute Gasteiger partial charge is 0.251 e. The van der Waals surface area contributed by atoms with E-state index in [1.165, 1.54) is 11.4 Å². The number of hydrogen-bond donors (Lipinski definition) is 1. The van der Waals surface area contributed by atoms with Gasteiger partial charge in [-0.05, 0) is 25.1 Å². The number of morpholine rings is 1. The summed E-state index contributed by atoms with van der Waals surface area (Å²) in [5, 5.41) is 2.88. The lowest BCUT2D eigenvalue weighted by molar-refractivity contribution is 0.0383. The Balaban J connectivity index is 1.93. The first-order valence-corrected chi connectivity index (χ1v) is 9.70. The molecule has 1 saturated heterocycles. The molecule has 1 N–H and O–H groups in total. The summed E-state index contributed by atoms with van der Waals surface area (Å²) in [5.74, 6) is -0.188. The second-order valence-corrected chi connectivity index (χ2v) is 7.92. The summed E-state index contributed by atoms with van der Waals surface area (Å²) >= 11 is 0. The summed E-state index contributed by atoms with van der Waals surface area (Å²) in [6, 6.07) is 6.64. The third-order valence-corrected chi connectivity index (χ3v) is 5.85. The predicted molar refractivity (Wildman–Crippen MR) is 93.9 cm³/mol. The number of amides is 1. The zero-order valence-corrected chi connectivity index (χ0v) is 15.0. The Hall–Kier alpha value is -1.64. The van der Waals surface area contributed by atoms with Gasteiger partial charge in [-0.2, -0.15) is 0 Å². The molecule has 1 aromatic carbocycles. The van der Waals surface area contributed by atoms with Crippen molar-refractivity contribution in [1.82, 2.24) is 10.2 Å². The van der Waals surface area contributed by atoms with Crippen LogP contribution >= 0.6 is 0 Å². The summed E-state index contributed by atoms with van der Waals surface area (Å²) in [4.78, 5) is 14.5. The van der Waals surface area contributed by atoms with Gasteiger partial charge in [0.25, 0.3) is 5.91 Å². The van der Waals surface area contributed by atoms with Gasteiger partial charge >= 0.3 is 0 Å². The first-order valence-electron chi connectivity index (χ1n) is 8.09. The van der Waals surface area contributed by atoms with Gasteiger partial charge in [0.15, 0.2) is 0 Å². The number of carbonyl (C=O) groups excluding carboxylic acids is 1. The van der Waals surface area contributed by atoms with Crippen molar-refractivity contribution < 1.29 is 17.9 Å². The van der Waals surface area contributed by atoms with Crippen molar-refractivity contribution in [2.45, 2.75) is 6.92 Å². The minimum Gasteiger partial charge on any atom is -0.379 e. The van der Waals surface area contributed by atoms with Crippen LogP contribution in [-0.2, 0) is 14.8 Å². The van der Waals surface area contributed by atoms with Crippen LogP contribution in [0.25, 0.3) is 0 Å². The van der Waals surface area contributed by atoms with Gasteiger partial charge in [0.2, 0.25) is 10.0 Å². The summed E-state index contributed by atoms with van der Waals surface area (Å²) in [7, 11) is -1.85. The molecule has 0 aliphatic carbocycles. The molecule has 24 heavy (non-hydrogen) atoms. The van der Waals surface area contributed by atoms with Crippen molar-refractivity contribution in [3.8, 4) is 0 Å². The van der Waals surface area contributed by atoms with E-state index in [2.05, 4.69) is 10.2 Å². The third-order valence-electron chi connectivity index (χ3n) is 4.07. The number of nitrogens with zero attached hydrogens (tertiary/aromatic N) is 2. The van der Waals surface area contributed by atoms with Crippen LogP contribution in [0.15, 0.2) is 24.3 Å². The molecule has 1 aromatic rings. The lowest BCUT2D eigenvalue weighted by atomic mass is 10.2. The number of anilines is 1. The maximum Gasteiger partial charge on any atom is 0.251 e. The molecule has 0 spiro atoms. The Kier molecular flexibility index (Phi) is 6.59. The molecule has 1 aliphatic heterocycles. The molecule has 0 aromatic heterocycles. The fourth-order valence-electron chi connectivity index (χ4n) is 2.45.